The van der Waals surface area contributed by atoms with Gasteiger partial charge in [-0.3, -0.25) is 0 Å². The van der Waals surface area contributed by atoms with E-state index in [2.05, 4.69) is 106 Å². The van der Waals surface area contributed by atoms with Crippen LogP contribution in [0.15, 0.2) is 48.5 Å². The van der Waals surface area contributed by atoms with Gasteiger partial charge in [-0.15, -0.1) is 0 Å². The molecule has 0 radical (unpaired) electrons. The molecule has 2 rings (SSSR count). The molecule has 0 heterocycles. The molecule has 5 heteroatoms. The molecule has 2 aromatic carbocycles. The van der Waals surface area contributed by atoms with E-state index in [9.17, 15) is 0 Å². The van der Waals surface area contributed by atoms with Gasteiger partial charge in [-0.2, -0.15) is 0 Å². The summed E-state index contributed by atoms with van der Waals surface area (Å²) in [4.78, 5) is 0. The Morgan fingerprint density at radius 2 is 1.04 bits per heavy atom. The van der Waals surface area contributed by atoms with Crippen molar-refractivity contribution in [1.29, 1.82) is 0 Å². The first-order valence-electron chi connectivity index (χ1n) is 8.79. The maximum atomic E-state index is 3.40. The number of nitrogens with one attached hydrogen (secondary N) is 2. The third-order valence-electron chi connectivity index (χ3n) is 2.95. The fraction of sp³-hybridized carbons (Fsp3) is 0.478. The Bertz CT molecular complexity index is 503. The van der Waals surface area contributed by atoms with Crippen LogP contribution in [0.25, 0.3) is 0 Å². The van der Waals surface area contributed by atoms with Gasteiger partial charge in [0.1, 0.15) is 0 Å². The SMILES string of the molecule is C.C.C.CC.CC.CCCc1ccc(Nc2ccc(NC)cc2)cc1.[I][V][I]. The van der Waals surface area contributed by atoms with Gasteiger partial charge in [0.25, 0.3) is 0 Å². The maximum absolute atomic E-state index is 3.40. The van der Waals surface area contributed by atoms with E-state index in [1.54, 1.807) is 0 Å². The van der Waals surface area contributed by atoms with Crippen molar-refractivity contribution in [2.75, 3.05) is 17.7 Å². The van der Waals surface area contributed by atoms with Crippen LogP contribution < -0.4 is 10.6 Å². The van der Waals surface area contributed by atoms with Crippen molar-refractivity contribution in [1.82, 2.24) is 0 Å². The molecule has 0 aliphatic heterocycles. The number of hydrogen-bond acceptors (Lipinski definition) is 2. The number of anilines is 3. The normalized spacial score (nSPS) is 7.43. The van der Waals surface area contributed by atoms with Gasteiger partial charge < -0.3 is 10.6 Å². The zero-order valence-electron chi connectivity index (χ0n) is 16.2. The first kappa shape index (κ1) is 38.7. The molecule has 165 valence electrons. The van der Waals surface area contributed by atoms with Crippen molar-refractivity contribution in [3.63, 3.8) is 0 Å². The third-order valence-corrected chi connectivity index (χ3v) is 2.95. The van der Waals surface area contributed by atoms with Crippen molar-refractivity contribution in [2.24, 2.45) is 0 Å². The second kappa shape index (κ2) is 29.3. The van der Waals surface area contributed by atoms with Gasteiger partial charge in [0.2, 0.25) is 0 Å². The van der Waals surface area contributed by atoms with Crippen LogP contribution in [0.5, 0.6) is 0 Å². The van der Waals surface area contributed by atoms with Crippen LogP contribution in [0.1, 0.15) is 68.9 Å². The molecule has 0 aliphatic carbocycles. The predicted molar refractivity (Wildman–Crippen MR) is 151 cm³/mol. The fourth-order valence-corrected chi connectivity index (χ4v) is 1.93. The van der Waals surface area contributed by atoms with Gasteiger partial charge in [0, 0.05) is 24.1 Å². The number of aryl methyl sites for hydroxylation is 1. The predicted octanol–water partition coefficient (Wildman–Crippen LogP) is 10.2. The summed E-state index contributed by atoms with van der Waals surface area (Å²) in [6.45, 7) is 10.2. The van der Waals surface area contributed by atoms with E-state index < -0.39 is 0 Å². The van der Waals surface area contributed by atoms with Crippen LogP contribution in [0.4, 0.5) is 17.1 Å². The Balaban J connectivity index is -0.000000158. The number of benzene rings is 2. The zero-order valence-corrected chi connectivity index (χ0v) is 21.9. The van der Waals surface area contributed by atoms with E-state index in [1.807, 2.05) is 34.7 Å². The molecule has 0 saturated heterocycles. The van der Waals surface area contributed by atoms with E-state index >= 15 is 0 Å². The average molecular weight is 653 g/mol. The fourth-order valence-electron chi connectivity index (χ4n) is 1.93. The topological polar surface area (TPSA) is 24.1 Å². The van der Waals surface area contributed by atoms with E-state index in [-0.39, 0.29) is 22.3 Å². The van der Waals surface area contributed by atoms with Crippen LogP contribution in [-0.2, 0) is 15.9 Å². The van der Waals surface area contributed by atoms with E-state index in [0.717, 1.165) is 23.5 Å². The standard InChI is InChI=1S/C16H20N2.2C2H6.3CH4.2HI.V/c1-3-4-13-5-7-15(8-6-13)18-16-11-9-14(17-2)10-12-16;2*1-2;;;;;;/h5-12,17-18H,3-4H2,1-2H3;2*1-2H3;3*1H4;2*1H;/q;;;;;;;;+2/p-2. The van der Waals surface area contributed by atoms with Crippen LogP contribution in [0.3, 0.4) is 0 Å². The molecule has 0 amide bonds. The van der Waals surface area contributed by atoms with Gasteiger partial charge in [-0.25, -0.2) is 0 Å². The minimum absolute atomic E-state index is 0. The summed E-state index contributed by atoms with van der Waals surface area (Å²) < 4.78 is 0. The van der Waals surface area contributed by atoms with Crippen molar-refractivity contribution >= 4 is 57.0 Å². The third kappa shape index (κ3) is 19.4. The first-order valence-corrected chi connectivity index (χ1v) is 17.8. The number of rotatable bonds is 5. The summed E-state index contributed by atoms with van der Waals surface area (Å²) in [6.07, 6.45) is 2.34. The summed E-state index contributed by atoms with van der Waals surface area (Å²) in [5.41, 5.74) is 4.76. The monoisotopic (exact) mass is 653 g/mol. The Hall–Kier alpha value is 0.0844. The molecule has 0 unspecified atom stereocenters. The number of hydrogen-bond donors (Lipinski definition) is 2. The molecule has 2 N–H and O–H groups in total. The summed E-state index contributed by atoms with van der Waals surface area (Å²) in [5.74, 6) is 0. The second-order valence-corrected chi connectivity index (χ2v) is 16.3. The summed E-state index contributed by atoms with van der Waals surface area (Å²) in [7, 11) is 2.55. The van der Waals surface area contributed by atoms with E-state index in [1.165, 1.54) is 12.0 Å². The molecule has 0 spiro atoms. The molecular weight excluding hydrogens is 609 g/mol. The summed E-state index contributed by atoms with van der Waals surface area (Å²) >= 11 is 4.74. The van der Waals surface area contributed by atoms with Gasteiger partial charge >= 0.3 is 49.4 Å². The molecule has 0 fully saturated rings. The van der Waals surface area contributed by atoms with Gasteiger partial charge in [0.15, 0.2) is 0 Å². The Morgan fingerprint density at radius 3 is 1.36 bits per heavy atom. The Labute approximate surface area is 206 Å². The molecular formula is C23H44I2N2V. The summed E-state index contributed by atoms with van der Waals surface area (Å²) in [5, 5.41) is 6.51. The van der Waals surface area contributed by atoms with Crippen LogP contribution in [0.2, 0.25) is 0 Å². The van der Waals surface area contributed by atoms with Crippen molar-refractivity contribution in [3.05, 3.63) is 54.1 Å². The minimum atomic E-state index is 0. The first-order chi connectivity index (χ1) is 12.2. The van der Waals surface area contributed by atoms with Crippen LogP contribution in [0, 0.1) is 0 Å². The van der Waals surface area contributed by atoms with E-state index in [4.69, 9.17) is 0 Å². The van der Waals surface area contributed by atoms with Crippen LogP contribution in [-0.4, -0.2) is 7.05 Å². The molecule has 28 heavy (non-hydrogen) atoms. The summed E-state index contributed by atoms with van der Waals surface area (Å²) in [6, 6.07) is 16.9. The van der Waals surface area contributed by atoms with Gasteiger partial charge in [-0.1, -0.05) is 75.5 Å². The quantitative estimate of drug-likeness (QED) is 0.314. The molecule has 0 aliphatic rings. The molecule has 0 bridgehead atoms. The second-order valence-electron chi connectivity index (χ2n) is 4.46. The van der Waals surface area contributed by atoms with Crippen molar-refractivity contribution in [3.8, 4) is 0 Å². The van der Waals surface area contributed by atoms with Crippen molar-refractivity contribution in [2.45, 2.75) is 69.7 Å². The van der Waals surface area contributed by atoms with Crippen molar-refractivity contribution < 1.29 is 9.47 Å². The van der Waals surface area contributed by atoms with Gasteiger partial charge in [0.05, 0.1) is 0 Å². The average Bonchev–Trinajstić information content (AvgIpc) is 2.68. The molecule has 0 aromatic heterocycles. The zero-order chi connectivity index (χ0) is 19.5. The molecule has 2 nitrogen and oxygen atoms in total. The Kier molecular flexibility index (Phi) is 40.4. The number of halogens is 2. The molecule has 0 atom stereocenters. The van der Waals surface area contributed by atoms with E-state index in [0.29, 0.717) is 9.47 Å². The molecule has 2 aromatic rings. The molecule has 0 saturated carbocycles. The van der Waals surface area contributed by atoms with Crippen LogP contribution >= 0.6 is 40.0 Å². The van der Waals surface area contributed by atoms with Gasteiger partial charge in [-0.05, 0) is 48.4 Å². The Morgan fingerprint density at radius 1 is 0.714 bits per heavy atom.